The van der Waals surface area contributed by atoms with Crippen molar-refractivity contribution in [3.63, 3.8) is 0 Å². The summed E-state index contributed by atoms with van der Waals surface area (Å²) in [6.45, 7) is -0.697. The second-order valence-electron chi connectivity index (χ2n) is 8.51. The molecule has 37 heavy (non-hydrogen) atoms. The first-order valence-corrected chi connectivity index (χ1v) is 11.3. The number of piperidine rings is 1. The largest absolute Gasteiger partial charge is 0.619 e. The van der Waals surface area contributed by atoms with Crippen LogP contribution in [0.4, 0.5) is 23.4 Å². The summed E-state index contributed by atoms with van der Waals surface area (Å²) in [7, 11) is 0. The van der Waals surface area contributed by atoms with E-state index in [0.29, 0.717) is 22.6 Å². The molecule has 2 atom stereocenters. The van der Waals surface area contributed by atoms with Gasteiger partial charge >= 0.3 is 0 Å². The number of carbonyl (C=O) groups is 1. The number of aldehydes is 1. The number of rotatable bonds is 9. The molecule has 1 aliphatic rings. The SMILES string of the molecule is O=C[C@H](CNc1cnc(Oc2c(F)cc(F)cc2CO)cn1)N1CCC(F)(F)[C@@H](c2cc[n+]([O-])cc2)C1. The highest BCUT2D eigenvalue weighted by Gasteiger charge is 2.46. The van der Waals surface area contributed by atoms with Gasteiger partial charge in [-0.2, -0.15) is 4.73 Å². The third-order valence-corrected chi connectivity index (χ3v) is 6.10. The number of aliphatic hydroxyl groups is 1. The summed E-state index contributed by atoms with van der Waals surface area (Å²) < 4.78 is 62.5. The quantitative estimate of drug-likeness (QED) is 0.191. The molecule has 3 heterocycles. The van der Waals surface area contributed by atoms with Gasteiger partial charge in [-0.1, -0.05) is 0 Å². The predicted molar refractivity (Wildman–Crippen MR) is 122 cm³/mol. The number of nitrogens with zero attached hydrogens (tertiary/aromatic N) is 4. The minimum atomic E-state index is -2.99. The molecule has 0 unspecified atom stereocenters. The lowest BCUT2D eigenvalue weighted by molar-refractivity contribution is -0.605. The molecule has 2 aromatic heterocycles. The van der Waals surface area contributed by atoms with Gasteiger partial charge in [0, 0.05) is 49.8 Å². The van der Waals surface area contributed by atoms with Crippen molar-refractivity contribution in [1.82, 2.24) is 14.9 Å². The molecule has 0 saturated carbocycles. The molecule has 0 bridgehead atoms. The Labute approximate surface area is 208 Å². The molecular weight excluding hydrogens is 498 g/mol. The zero-order valence-corrected chi connectivity index (χ0v) is 19.4. The number of aliphatic hydroxyl groups excluding tert-OH is 1. The van der Waals surface area contributed by atoms with E-state index in [4.69, 9.17) is 4.74 Å². The van der Waals surface area contributed by atoms with E-state index in [0.717, 1.165) is 24.7 Å². The van der Waals surface area contributed by atoms with Crippen molar-refractivity contribution < 1.29 is 36.9 Å². The highest BCUT2D eigenvalue weighted by molar-refractivity contribution is 5.59. The molecule has 0 aliphatic carbocycles. The van der Waals surface area contributed by atoms with E-state index in [2.05, 4.69) is 15.3 Å². The van der Waals surface area contributed by atoms with Crippen LogP contribution in [0.15, 0.2) is 49.1 Å². The van der Waals surface area contributed by atoms with Crippen LogP contribution >= 0.6 is 0 Å². The van der Waals surface area contributed by atoms with Gasteiger partial charge in [-0.15, -0.1) is 0 Å². The number of anilines is 1. The van der Waals surface area contributed by atoms with Crippen molar-refractivity contribution in [2.75, 3.05) is 25.0 Å². The van der Waals surface area contributed by atoms with Crippen molar-refractivity contribution in [2.45, 2.75) is 30.9 Å². The normalized spacial score (nSPS) is 18.2. The van der Waals surface area contributed by atoms with Crippen LogP contribution in [0.5, 0.6) is 11.6 Å². The maximum Gasteiger partial charge on any atom is 0.257 e. The Morgan fingerprint density at radius 1 is 1.27 bits per heavy atom. The van der Waals surface area contributed by atoms with Crippen molar-refractivity contribution in [3.05, 3.63) is 77.0 Å². The minimum Gasteiger partial charge on any atom is -0.619 e. The summed E-state index contributed by atoms with van der Waals surface area (Å²) in [5, 5.41) is 23.5. The Morgan fingerprint density at radius 3 is 2.68 bits per heavy atom. The first-order chi connectivity index (χ1) is 17.7. The maximum absolute atomic E-state index is 14.6. The Kier molecular flexibility index (Phi) is 7.83. The van der Waals surface area contributed by atoms with Crippen LogP contribution in [-0.4, -0.2) is 57.9 Å². The number of alkyl halides is 2. The number of hydrogen-bond acceptors (Lipinski definition) is 8. The van der Waals surface area contributed by atoms with Gasteiger partial charge in [0.05, 0.1) is 31.0 Å². The molecule has 4 rings (SSSR count). The standard InChI is InChI=1S/C24H23F4N5O4/c25-17-7-16(13-34)23(20(26)8-17)37-22-11-30-21(10-31-22)29-9-18(14-35)32-6-3-24(27,28)19(12-32)15-1-4-33(36)5-2-15/h1-2,4-5,7-8,10-11,14,18-19,34H,3,6,9,12-13H2,(H,29,30)/t18-,19+/m0/s1. The molecule has 1 fully saturated rings. The number of likely N-dealkylation sites (tertiary alicyclic amines) is 1. The third-order valence-electron chi connectivity index (χ3n) is 6.10. The molecule has 9 nitrogen and oxygen atoms in total. The number of hydrogen-bond donors (Lipinski definition) is 2. The molecule has 1 saturated heterocycles. The van der Waals surface area contributed by atoms with E-state index >= 15 is 0 Å². The van der Waals surface area contributed by atoms with Gasteiger partial charge in [0.1, 0.15) is 17.9 Å². The first-order valence-electron chi connectivity index (χ1n) is 11.3. The summed E-state index contributed by atoms with van der Waals surface area (Å²) in [6, 6.07) is 3.49. The molecule has 1 aromatic carbocycles. The average molecular weight is 521 g/mol. The zero-order chi connectivity index (χ0) is 26.6. The van der Waals surface area contributed by atoms with E-state index in [9.17, 15) is 32.7 Å². The fourth-order valence-corrected chi connectivity index (χ4v) is 4.12. The Bertz CT molecular complexity index is 1230. The zero-order valence-electron chi connectivity index (χ0n) is 19.4. The van der Waals surface area contributed by atoms with E-state index in [1.54, 1.807) is 4.90 Å². The molecule has 3 aromatic rings. The number of pyridine rings is 1. The topological polar surface area (TPSA) is 115 Å². The van der Waals surface area contributed by atoms with Crippen LogP contribution in [0.1, 0.15) is 23.5 Å². The predicted octanol–water partition coefficient (Wildman–Crippen LogP) is 2.78. The fraction of sp³-hybridized carbons (Fsp3) is 0.333. The van der Waals surface area contributed by atoms with Crippen molar-refractivity contribution in [3.8, 4) is 11.6 Å². The molecule has 1 aliphatic heterocycles. The molecule has 2 N–H and O–H groups in total. The third kappa shape index (κ3) is 6.12. The first kappa shape index (κ1) is 26.2. The van der Waals surface area contributed by atoms with Crippen LogP contribution in [0, 0.1) is 16.8 Å². The minimum absolute atomic E-state index is 0.00213. The number of aromatic nitrogens is 3. The summed E-state index contributed by atoms with van der Waals surface area (Å²) in [4.78, 5) is 21.5. The van der Waals surface area contributed by atoms with Gasteiger partial charge in [0.2, 0.25) is 5.88 Å². The lowest BCUT2D eigenvalue weighted by Crippen LogP contribution is -2.52. The molecule has 13 heteroatoms. The second kappa shape index (κ2) is 11.0. The van der Waals surface area contributed by atoms with Gasteiger partial charge in [-0.3, -0.25) is 4.90 Å². The molecule has 0 radical (unpaired) electrons. The van der Waals surface area contributed by atoms with E-state index < -0.39 is 42.5 Å². The van der Waals surface area contributed by atoms with E-state index in [1.165, 1.54) is 18.3 Å². The molecule has 0 amide bonds. The van der Waals surface area contributed by atoms with Crippen molar-refractivity contribution in [1.29, 1.82) is 0 Å². The number of benzene rings is 1. The summed E-state index contributed by atoms with van der Waals surface area (Å²) in [6.07, 6.45) is 4.94. The van der Waals surface area contributed by atoms with Crippen molar-refractivity contribution in [2.24, 2.45) is 0 Å². The summed E-state index contributed by atoms with van der Waals surface area (Å²) in [5.74, 6) is -6.34. The maximum atomic E-state index is 14.6. The number of ether oxygens (including phenoxy) is 1. The number of carbonyl (C=O) groups excluding carboxylic acids is 1. The smallest absolute Gasteiger partial charge is 0.257 e. The van der Waals surface area contributed by atoms with Gasteiger partial charge in [-0.05, 0) is 11.6 Å². The summed E-state index contributed by atoms with van der Waals surface area (Å²) >= 11 is 0. The second-order valence-corrected chi connectivity index (χ2v) is 8.51. The fourth-order valence-electron chi connectivity index (χ4n) is 4.12. The van der Waals surface area contributed by atoms with Crippen LogP contribution in [0.25, 0.3) is 0 Å². The highest BCUT2D eigenvalue weighted by Crippen LogP contribution is 2.40. The molecule has 196 valence electrons. The van der Waals surface area contributed by atoms with Crippen molar-refractivity contribution >= 4 is 12.1 Å². The molecule has 0 spiro atoms. The van der Waals surface area contributed by atoms with Crippen LogP contribution in [0.3, 0.4) is 0 Å². The Morgan fingerprint density at radius 2 is 2.03 bits per heavy atom. The number of halogens is 4. The monoisotopic (exact) mass is 521 g/mol. The Balaban J connectivity index is 1.39. The van der Waals surface area contributed by atoms with Gasteiger partial charge in [0.25, 0.3) is 5.92 Å². The van der Waals surface area contributed by atoms with E-state index in [1.807, 2.05) is 0 Å². The summed E-state index contributed by atoms with van der Waals surface area (Å²) in [5.41, 5.74) is 0.200. The lowest BCUT2D eigenvalue weighted by atomic mass is 9.87. The van der Waals surface area contributed by atoms with Crippen LogP contribution < -0.4 is 14.8 Å². The molecular formula is C24H23F4N5O4. The lowest BCUT2D eigenvalue weighted by Gasteiger charge is -2.40. The van der Waals surface area contributed by atoms with E-state index in [-0.39, 0.29) is 42.6 Å². The van der Waals surface area contributed by atoms with Gasteiger partial charge < -0.3 is 25.2 Å². The Hall–Kier alpha value is -3.84. The van der Waals surface area contributed by atoms with Crippen LogP contribution in [-0.2, 0) is 11.4 Å². The highest BCUT2D eigenvalue weighted by atomic mass is 19.3. The van der Waals surface area contributed by atoms with Gasteiger partial charge in [0.15, 0.2) is 24.0 Å². The number of nitrogens with one attached hydrogen (secondary N) is 1. The van der Waals surface area contributed by atoms with Crippen LogP contribution in [0.2, 0.25) is 0 Å². The average Bonchev–Trinajstić information content (AvgIpc) is 2.88. The van der Waals surface area contributed by atoms with Gasteiger partial charge in [-0.25, -0.2) is 27.5 Å².